The molecule has 1 aromatic carbocycles. The van der Waals surface area contributed by atoms with Gasteiger partial charge in [-0.1, -0.05) is 25.5 Å². The van der Waals surface area contributed by atoms with Crippen molar-refractivity contribution in [2.45, 2.75) is 26.2 Å². The van der Waals surface area contributed by atoms with Crippen LogP contribution in [0.2, 0.25) is 0 Å². The summed E-state index contributed by atoms with van der Waals surface area (Å²) < 4.78 is 5.07. The molecule has 0 aliphatic rings. The van der Waals surface area contributed by atoms with E-state index in [9.17, 15) is 9.59 Å². The third kappa shape index (κ3) is 5.73. The van der Waals surface area contributed by atoms with Crippen LogP contribution in [-0.4, -0.2) is 32.0 Å². The number of amides is 2. The van der Waals surface area contributed by atoms with Gasteiger partial charge < -0.3 is 15.4 Å². The van der Waals surface area contributed by atoms with E-state index in [1.165, 1.54) is 0 Å². The molecule has 5 nitrogen and oxygen atoms in total. The SMILES string of the molecule is CCCCNC(=O)C(=O)NCCc1ccc(OC)cc1. The molecule has 0 bridgehead atoms. The van der Waals surface area contributed by atoms with Gasteiger partial charge in [0, 0.05) is 13.1 Å². The minimum atomic E-state index is -0.574. The monoisotopic (exact) mass is 278 g/mol. The highest BCUT2D eigenvalue weighted by Gasteiger charge is 2.11. The summed E-state index contributed by atoms with van der Waals surface area (Å²) in [5.41, 5.74) is 1.08. The van der Waals surface area contributed by atoms with Gasteiger partial charge in [-0.05, 0) is 30.5 Å². The Morgan fingerprint density at radius 3 is 2.20 bits per heavy atom. The predicted molar refractivity (Wildman–Crippen MR) is 77.6 cm³/mol. The van der Waals surface area contributed by atoms with E-state index in [1.54, 1.807) is 7.11 Å². The third-order valence-corrected chi connectivity index (χ3v) is 2.88. The van der Waals surface area contributed by atoms with Crippen molar-refractivity contribution in [3.05, 3.63) is 29.8 Å². The Kier molecular flexibility index (Phi) is 7.17. The normalized spacial score (nSPS) is 9.90. The smallest absolute Gasteiger partial charge is 0.309 e. The van der Waals surface area contributed by atoms with E-state index in [0.717, 1.165) is 24.2 Å². The lowest BCUT2D eigenvalue weighted by atomic mass is 10.1. The van der Waals surface area contributed by atoms with Gasteiger partial charge in [0.25, 0.3) is 0 Å². The molecule has 2 N–H and O–H groups in total. The van der Waals surface area contributed by atoms with E-state index in [1.807, 2.05) is 31.2 Å². The minimum absolute atomic E-state index is 0.437. The molecule has 1 rings (SSSR count). The van der Waals surface area contributed by atoms with Crippen LogP contribution in [0.25, 0.3) is 0 Å². The van der Waals surface area contributed by atoms with Crippen LogP contribution in [0, 0.1) is 0 Å². The fourth-order valence-electron chi connectivity index (χ4n) is 1.65. The number of hydrogen-bond donors (Lipinski definition) is 2. The fraction of sp³-hybridized carbons (Fsp3) is 0.467. The topological polar surface area (TPSA) is 67.4 Å². The van der Waals surface area contributed by atoms with Crippen molar-refractivity contribution in [2.75, 3.05) is 20.2 Å². The quantitative estimate of drug-likeness (QED) is 0.583. The first kappa shape index (κ1) is 16.0. The minimum Gasteiger partial charge on any atom is -0.497 e. The van der Waals surface area contributed by atoms with Crippen LogP contribution in [0.15, 0.2) is 24.3 Å². The fourth-order valence-corrected chi connectivity index (χ4v) is 1.65. The Morgan fingerprint density at radius 1 is 1.05 bits per heavy atom. The second-order valence-electron chi connectivity index (χ2n) is 4.46. The standard InChI is InChI=1S/C15H22N2O3/c1-3-4-10-16-14(18)15(19)17-11-9-12-5-7-13(20-2)8-6-12/h5-8H,3-4,9-11H2,1-2H3,(H,16,18)(H,17,19). The molecular weight excluding hydrogens is 256 g/mol. The molecule has 0 aliphatic heterocycles. The summed E-state index contributed by atoms with van der Waals surface area (Å²) >= 11 is 0. The number of benzene rings is 1. The number of ether oxygens (including phenoxy) is 1. The van der Waals surface area contributed by atoms with Gasteiger partial charge in [0.1, 0.15) is 5.75 Å². The van der Waals surface area contributed by atoms with Crippen molar-refractivity contribution in [1.29, 1.82) is 0 Å². The number of carbonyl (C=O) groups is 2. The second kappa shape index (κ2) is 8.96. The zero-order valence-electron chi connectivity index (χ0n) is 12.1. The van der Waals surface area contributed by atoms with Gasteiger partial charge in [-0.25, -0.2) is 0 Å². The molecule has 1 aromatic rings. The Bertz CT molecular complexity index is 429. The van der Waals surface area contributed by atoms with Gasteiger partial charge in [0.05, 0.1) is 7.11 Å². The van der Waals surface area contributed by atoms with Gasteiger partial charge >= 0.3 is 11.8 Å². The zero-order chi connectivity index (χ0) is 14.8. The van der Waals surface area contributed by atoms with Gasteiger partial charge in [-0.2, -0.15) is 0 Å². The van der Waals surface area contributed by atoms with Gasteiger partial charge in [-0.15, -0.1) is 0 Å². The lowest BCUT2D eigenvalue weighted by Crippen LogP contribution is -2.40. The van der Waals surface area contributed by atoms with Crippen LogP contribution >= 0.6 is 0 Å². The van der Waals surface area contributed by atoms with E-state index in [2.05, 4.69) is 10.6 Å². The molecule has 5 heteroatoms. The summed E-state index contributed by atoms with van der Waals surface area (Å²) in [6.45, 7) is 3.01. The molecule has 0 unspecified atom stereocenters. The van der Waals surface area contributed by atoms with Gasteiger partial charge in [-0.3, -0.25) is 9.59 Å². The summed E-state index contributed by atoms with van der Waals surface area (Å²) in [6, 6.07) is 7.61. The summed E-state index contributed by atoms with van der Waals surface area (Å²) in [4.78, 5) is 22.9. The van der Waals surface area contributed by atoms with E-state index in [4.69, 9.17) is 4.74 Å². The Labute approximate surface area is 119 Å². The van der Waals surface area contributed by atoms with E-state index < -0.39 is 11.8 Å². The summed E-state index contributed by atoms with van der Waals surface area (Å²) in [7, 11) is 1.62. The maximum Gasteiger partial charge on any atom is 0.309 e. The predicted octanol–water partition coefficient (Wildman–Crippen LogP) is 1.27. The maximum atomic E-state index is 11.5. The summed E-state index contributed by atoms with van der Waals surface area (Å²) in [5, 5.41) is 5.18. The zero-order valence-corrected chi connectivity index (χ0v) is 12.1. The van der Waals surface area contributed by atoms with E-state index in [-0.39, 0.29) is 0 Å². The van der Waals surface area contributed by atoms with Crippen LogP contribution in [0.1, 0.15) is 25.3 Å². The van der Waals surface area contributed by atoms with Crippen molar-refractivity contribution in [2.24, 2.45) is 0 Å². The highest BCUT2D eigenvalue weighted by atomic mass is 16.5. The first-order valence-electron chi connectivity index (χ1n) is 6.86. The average Bonchev–Trinajstić information content (AvgIpc) is 2.48. The molecule has 0 radical (unpaired) electrons. The highest BCUT2D eigenvalue weighted by molar-refractivity contribution is 6.35. The third-order valence-electron chi connectivity index (χ3n) is 2.88. The largest absolute Gasteiger partial charge is 0.497 e. The van der Waals surface area contributed by atoms with Crippen LogP contribution in [0.4, 0.5) is 0 Å². The lowest BCUT2D eigenvalue weighted by Gasteiger charge is -2.06. The highest BCUT2D eigenvalue weighted by Crippen LogP contribution is 2.11. The molecule has 0 saturated carbocycles. The molecule has 0 saturated heterocycles. The average molecular weight is 278 g/mol. The van der Waals surface area contributed by atoms with Crippen molar-refractivity contribution in [1.82, 2.24) is 10.6 Å². The molecular formula is C15H22N2O3. The van der Waals surface area contributed by atoms with Crippen LogP contribution in [0.5, 0.6) is 5.75 Å². The van der Waals surface area contributed by atoms with Crippen LogP contribution in [0.3, 0.4) is 0 Å². The van der Waals surface area contributed by atoms with Gasteiger partial charge in [0.2, 0.25) is 0 Å². The first-order chi connectivity index (χ1) is 9.67. The van der Waals surface area contributed by atoms with Crippen molar-refractivity contribution >= 4 is 11.8 Å². The Balaban J connectivity index is 2.25. The van der Waals surface area contributed by atoms with Crippen molar-refractivity contribution < 1.29 is 14.3 Å². The first-order valence-corrected chi connectivity index (χ1v) is 6.86. The molecule has 0 aliphatic carbocycles. The maximum absolute atomic E-state index is 11.5. The second-order valence-corrected chi connectivity index (χ2v) is 4.46. The summed E-state index contributed by atoms with van der Waals surface area (Å²) in [6.07, 6.45) is 2.54. The molecule has 0 spiro atoms. The van der Waals surface area contributed by atoms with Gasteiger partial charge in [0.15, 0.2) is 0 Å². The molecule has 0 fully saturated rings. The van der Waals surface area contributed by atoms with Crippen LogP contribution in [-0.2, 0) is 16.0 Å². The number of nitrogens with one attached hydrogen (secondary N) is 2. The van der Waals surface area contributed by atoms with Crippen molar-refractivity contribution in [3.63, 3.8) is 0 Å². The number of carbonyl (C=O) groups excluding carboxylic acids is 2. The molecule has 0 atom stereocenters. The molecule has 0 aromatic heterocycles. The lowest BCUT2D eigenvalue weighted by molar-refractivity contribution is -0.139. The Hall–Kier alpha value is -2.04. The van der Waals surface area contributed by atoms with Crippen LogP contribution < -0.4 is 15.4 Å². The van der Waals surface area contributed by atoms with Crippen molar-refractivity contribution in [3.8, 4) is 5.75 Å². The molecule has 20 heavy (non-hydrogen) atoms. The summed E-state index contributed by atoms with van der Waals surface area (Å²) in [5.74, 6) is -0.337. The molecule has 0 heterocycles. The van der Waals surface area contributed by atoms with E-state index in [0.29, 0.717) is 19.5 Å². The molecule has 110 valence electrons. The van der Waals surface area contributed by atoms with E-state index >= 15 is 0 Å². The Morgan fingerprint density at radius 2 is 1.65 bits per heavy atom. The number of rotatable bonds is 7. The number of methoxy groups -OCH3 is 1. The number of unbranched alkanes of at least 4 members (excludes halogenated alkanes) is 1. The molecule has 2 amide bonds. The number of hydrogen-bond acceptors (Lipinski definition) is 3.